The summed E-state index contributed by atoms with van der Waals surface area (Å²) in [5.41, 5.74) is 3.04. The molecule has 0 unspecified atom stereocenters. The fourth-order valence-corrected chi connectivity index (χ4v) is 2.13. The van der Waals surface area contributed by atoms with Crippen molar-refractivity contribution in [2.75, 3.05) is 5.32 Å². The first-order chi connectivity index (χ1) is 12.2. The van der Waals surface area contributed by atoms with Crippen molar-refractivity contribution < 1.29 is 4.74 Å². The molecular formula is C16H16N8O. The predicted octanol–water partition coefficient (Wildman–Crippen LogP) is 1.80. The molecular weight excluding hydrogens is 320 g/mol. The number of tetrazole rings is 1. The smallest absolute Gasteiger partial charge is 0.216 e. The van der Waals surface area contributed by atoms with Crippen LogP contribution in [0.4, 0.5) is 5.69 Å². The summed E-state index contributed by atoms with van der Waals surface area (Å²) < 4.78 is 7.70. The average Bonchev–Trinajstić information content (AvgIpc) is 3.27. The number of anilines is 1. The molecule has 0 aliphatic carbocycles. The zero-order chi connectivity index (χ0) is 17.6. The quantitative estimate of drug-likeness (QED) is 0.659. The van der Waals surface area contributed by atoms with Crippen LogP contribution in [0.15, 0.2) is 36.7 Å². The monoisotopic (exact) mass is 336 g/mol. The van der Waals surface area contributed by atoms with Crippen molar-refractivity contribution >= 4 is 11.3 Å². The Morgan fingerprint density at radius 1 is 1.44 bits per heavy atom. The molecule has 0 aliphatic heterocycles. The number of ether oxygens (including phenoxy) is 1. The lowest BCUT2D eigenvalue weighted by molar-refractivity contribution is 0.307. The largest absolute Gasteiger partial charge is 0.487 e. The standard InChI is InChI=1S/C16H16N8O/c1-11-13(9-19-24(11)2)10-25-15-6-4-3-5-14(15)18-8-12(7-17)16-20-22-23-21-16/h3-6,8-9,18H,10H2,1-2H3,(H,20,21,22,23). The lowest BCUT2D eigenvalue weighted by atomic mass is 10.2. The SMILES string of the molecule is Cc1c(COc2ccccc2NC=C(C#N)c2nn[nH]n2)cnn1C. The Hall–Kier alpha value is -3.67. The summed E-state index contributed by atoms with van der Waals surface area (Å²) in [6, 6.07) is 9.48. The molecule has 0 bridgehead atoms. The van der Waals surface area contributed by atoms with Crippen LogP contribution in [0, 0.1) is 18.3 Å². The van der Waals surface area contributed by atoms with Gasteiger partial charge in [-0.3, -0.25) is 4.68 Å². The topological polar surface area (TPSA) is 117 Å². The van der Waals surface area contributed by atoms with E-state index in [-0.39, 0.29) is 11.4 Å². The Kier molecular flexibility index (Phi) is 4.71. The first kappa shape index (κ1) is 16.2. The van der Waals surface area contributed by atoms with Gasteiger partial charge in [0.25, 0.3) is 0 Å². The Balaban J connectivity index is 1.75. The molecule has 9 nitrogen and oxygen atoms in total. The molecule has 1 aromatic carbocycles. The summed E-state index contributed by atoms with van der Waals surface area (Å²) in [6.45, 7) is 2.39. The van der Waals surface area contributed by atoms with Gasteiger partial charge >= 0.3 is 0 Å². The minimum atomic E-state index is 0.222. The molecule has 2 heterocycles. The number of nitriles is 1. The summed E-state index contributed by atoms with van der Waals surface area (Å²) >= 11 is 0. The van der Waals surface area contributed by atoms with E-state index >= 15 is 0 Å². The van der Waals surface area contributed by atoms with Crippen molar-refractivity contribution in [2.45, 2.75) is 13.5 Å². The van der Waals surface area contributed by atoms with E-state index in [4.69, 9.17) is 4.74 Å². The van der Waals surface area contributed by atoms with Crippen molar-refractivity contribution in [1.82, 2.24) is 30.4 Å². The molecule has 0 amide bonds. The van der Waals surface area contributed by atoms with Crippen LogP contribution >= 0.6 is 0 Å². The maximum absolute atomic E-state index is 9.21. The normalized spacial score (nSPS) is 11.2. The van der Waals surface area contributed by atoms with Gasteiger partial charge in [-0.2, -0.15) is 15.6 Å². The Morgan fingerprint density at radius 3 is 2.96 bits per heavy atom. The molecule has 0 fully saturated rings. The van der Waals surface area contributed by atoms with Crippen molar-refractivity contribution in [2.24, 2.45) is 7.05 Å². The van der Waals surface area contributed by atoms with Gasteiger partial charge in [0.05, 0.1) is 11.9 Å². The number of benzene rings is 1. The number of hydrogen-bond acceptors (Lipinski definition) is 7. The number of H-pyrrole nitrogens is 1. The molecule has 3 aromatic rings. The van der Waals surface area contributed by atoms with Crippen LogP contribution in [0.25, 0.3) is 5.57 Å². The highest BCUT2D eigenvalue weighted by Crippen LogP contribution is 2.25. The third kappa shape index (κ3) is 3.64. The predicted molar refractivity (Wildman–Crippen MR) is 90.1 cm³/mol. The number of para-hydroxylation sites is 2. The van der Waals surface area contributed by atoms with Gasteiger partial charge in [0, 0.05) is 24.5 Å². The van der Waals surface area contributed by atoms with E-state index in [0.29, 0.717) is 12.4 Å². The van der Waals surface area contributed by atoms with Crippen molar-refractivity contribution in [3.63, 3.8) is 0 Å². The summed E-state index contributed by atoms with van der Waals surface area (Å²) in [5.74, 6) is 0.881. The minimum Gasteiger partial charge on any atom is -0.487 e. The third-order valence-corrected chi connectivity index (χ3v) is 3.69. The molecule has 25 heavy (non-hydrogen) atoms. The molecule has 0 radical (unpaired) electrons. The van der Waals surface area contributed by atoms with Crippen LogP contribution in [0.5, 0.6) is 5.75 Å². The summed E-state index contributed by atoms with van der Waals surface area (Å²) in [7, 11) is 1.89. The molecule has 126 valence electrons. The van der Waals surface area contributed by atoms with Crippen molar-refractivity contribution in [3.8, 4) is 11.8 Å². The molecule has 0 saturated carbocycles. The van der Waals surface area contributed by atoms with Gasteiger partial charge in [0.15, 0.2) is 0 Å². The molecule has 0 spiro atoms. The number of aromatic amines is 1. The zero-order valence-corrected chi connectivity index (χ0v) is 13.8. The number of aryl methyl sites for hydroxylation is 1. The average molecular weight is 336 g/mol. The van der Waals surface area contributed by atoms with E-state index in [1.54, 1.807) is 10.9 Å². The van der Waals surface area contributed by atoms with E-state index in [0.717, 1.165) is 16.9 Å². The van der Waals surface area contributed by atoms with Crippen LogP contribution in [0.2, 0.25) is 0 Å². The highest BCUT2D eigenvalue weighted by Gasteiger charge is 2.09. The number of allylic oxidation sites excluding steroid dienone is 1. The van der Waals surface area contributed by atoms with Crippen LogP contribution in [0.3, 0.4) is 0 Å². The third-order valence-electron chi connectivity index (χ3n) is 3.69. The van der Waals surface area contributed by atoms with Gasteiger partial charge in [-0.15, -0.1) is 10.2 Å². The minimum absolute atomic E-state index is 0.222. The molecule has 0 aliphatic rings. The first-order valence-electron chi connectivity index (χ1n) is 7.49. The van der Waals surface area contributed by atoms with E-state index in [1.807, 2.05) is 44.3 Å². The number of nitrogens with zero attached hydrogens (tertiary/aromatic N) is 6. The summed E-state index contributed by atoms with van der Waals surface area (Å²) in [5, 5.41) is 29.8. The molecule has 0 atom stereocenters. The Bertz CT molecular complexity index is 920. The maximum Gasteiger partial charge on any atom is 0.216 e. The van der Waals surface area contributed by atoms with Gasteiger partial charge in [0.2, 0.25) is 5.82 Å². The summed E-state index contributed by atoms with van der Waals surface area (Å²) in [6.07, 6.45) is 3.30. The van der Waals surface area contributed by atoms with Crippen LogP contribution in [-0.4, -0.2) is 30.4 Å². The van der Waals surface area contributed by atoms with Gasteiger partial charge in [0.1, 0.15) is 24.0 Å². The van der Waals surface area contributed by atoms with E-state index in [9.17, 15) is 5.26 Å². The molecule has 9 heteroatoms. The van der Waals surface area contributed by atoms with Gasteiger partial charge in [-0.1, -0.05) is 12.1 Å². The lowest BCUT2D eigenvalue weighted by Gasteiger charge is -2.11. The Labute approximate surface area is 143 Å². The number of aromatic nitrogens is 6. The van der Waals surface area contributed by atoms with E-state index in [1.165, 1.54) is 6.20 Å². The van der Waals surface area contributed by atoms with Gasteiger partial charge in [-0.25, -0.2) is 0 Å². The Morgan fingerprint density at radius 2 is 2.28 bits per heavy atom. The molecule has 2 aromatic heterocycles. The van der Waals surface area contributed by atoms with Crippen molar-refractivity contribution in [3.05, 3.63) is 53.7 Å². The second-order valence-electron chi connectivity index (χ2n) is 5.21. The zero-order valence-electron chi connectivity index (χ0n) is 13.8. The number of nitrogens with one attached hydrogen (secondary N) is 2. The van der Waals surface area contributed by atoms with Crippen LogP contribution < -0.4 is 10.1 Å². The van der Waals surface area contributed by atoms with Gasteiger partial charge in [-0.05, 0) is 24.3 Å². The lowest BCUT2D eigenvalue weighted by Crippen LogP contribution is -2.01. The van der Waals surface area contributed by atoms with Gasteiger partial charge < -0.3 is 10.1 Å². The summed E-state index contributed by atoms with van der Waals surface area (Å²) in [4.78, 5) is 0. The first-order valence-corrected chi connectivity index (χ1v) is 7.49. The fraction of sp³-hybridized carbons (Fsp3) is 0.188. The highest BCUT2D eigenvalue weighted by molar-refractivity contribution is 5.74. The molecule has 3 rings (SSSR count). The highest BCUT2D eigenvalue weighted by atomic mass is 16.5. The van der Waals surface area contributed by atoms with Crippen LogP contribution in [0.1, 0.15) is 17.1 Å². The maximum atomic E-state index is 9.21. The van der Waals surface area contributed by atoms with E-state index < -0.39 is 0 Å². The fourth-order valence-electron chi connectivity index (χ4n) is 2.13. The second kappa shape index (κ2) is 7.27. The molecule has 2 N–H and O–H groups in total. The van der Waals surface area contributed by atoms with Crippen LogP contribution in [-0.2, 0) is 13.7 Å². The van der Waals surface area contributed by atoms with E-state index in [2.05, 4.69) is 31.0 Å². The number of hydrogen-bond donors (Lipinski definition) is 2. The number of rotatable bonds is 6. The second-order valence-corrected chi connectivity index (χ2v) is 5.21. The van der Waals surface area contributed by atoms with Crippen molar-refractivity contribution in [1.29, 1.82) is 5.26 Å². The molecule has 0 saturated heterocycles.